The summed E-state index contributed by atoms with van der Waals surface area (Å²) in [5.41, 5.74) is 5.33. The van der Waals surface area contributed by atoms with Gasteiger partial charge in [-0.05, 0) is 6.92 Å². The number of hydrogen-bond donors (Lipinski definition) is 1. The predicted molar refractivity (Wildman–Crippen MR) is 67.3 cm³/mol. The number of fused-ring (bicyclic) bond motifs is 3. The summed E-state index contributed by atoms with van der Waals surface area (Å²) in [6, 6.07) is 0.391. The molecular formula is C12H26N4+2. The van der Waals surface area contributed by atoms with Crippen molar-refractivity contribution in [2.24, 2.45) is 10.7 Å². The molecule has 3 rings (SSSR count). The highest BCUT2D eigenvalue weighted by atomic mass is 15.5. The molecule has 0 aromatic rings. The van der Waals surface area contributed by atoms with E-state index in [0.717, 1.165) is 0 Å². The molecule has 0 aromatic heterocycles. The fraction of sp³-hybridized carbons (Fsp3) is 0.917. The minimum Gasteiger partial charge on any atom is -0.390 e. The Bertz CT molecular complexity index is 250. The number of aliphatic imine (C=N–C) groups is 1. The third-order valence-electron chi connectivity index (χ3n) is 4.70. The van der Waals surface area contributed by atoms with Crippen molar-refractivity contribution in [2.45, 2.75) is 19.4 Å². The Morgan fingerprint density at radius 1 is 1.19 bits per heavy atom. The molecule has 3 aliphatic rings. The first-order chi connectivity index (χ1) is 7.58. The van der Waals surface area contributed by atoms with Crippen LogP contribution in [0.4, 0.5) is 0 Å². The molecule has 1 atom stereocenters. The van der Waals surface area contributed by atoms with E-state index in [1.165, 1.54) is 67.5 Å². The van der Waals surface area contributed by atoms with E-state index < -0.39 is 0 Å². The maximum atomic E-state index is 5.33. The molecule has 0 aromatic carbocycles. The molecule has 0 radical (unpaired) electrons. The molecular weight excluding hydrogens is 200 g/mol. The van der Waals surface area contributed by atoms with Crippen molar-refractivity contribution in [1.29, 1.82) is 0 Å². The van der Waals surface area contributed by atoms with Gasteiger partial charge in [-0.3, -0.25) is 4.99 Å². The van der Waals surface area contributed by atoms with Gasteiger partial charge in [0.15, 0.2) is 0 Å². The highest BCUT2D eigenvalue weighted by molar-refractivity contribution is 5.51. The Balaban J connectivity index is 1.86. The molecule has 0 saturated carbocycles. The molecule has 4 heteroatoms. The maximum absolute atomic E-state index is 5.33. The first-order valence-electron chi connectivity index (χ1n) is 6.50. The van der Waals surface area contributed by atoms with Gasteiger partial charge in [0.2, 0.25) is 0 Å². The highest BCUT2D eigenvalue weighted by Gasteiger charge is 2.46. The average Bonchev–Trinajstić information content (AvgIpc) is 2.29. The van der Waals surface area contributed by atoms with Gasteiger partial charge >= 0.3 is 0 Å². The normalized spacial score (nSPS) is 40.4. The van der Waals surface area contributed by atoms with Crippen LogP contribution < -0.4 is 5.73 Å². The molecule has 0 aliphatic carbocycles. The topological polar surface area (TPSA) is 38.4 Å². The van der Waals surface area contributed by atoms with E-state index in [2.05, 4.69) is 19.0 Å². The van der Waals surface area contributed by atoms with Crippen molar-refractivity contribution in [1.82, 2.24) is 0 Å². The number of piperazine rings is 3. The quantitative estimate of drug-likeness (QED) is 0.410. The standard InChI is InChI=1S/C12H26N4/c1-12(14-11-13)3-4-16-8-5-15(2,6-9-16)7-10-16/h11-12H,3-10H2,1-2H3,(H2,13,14)/q+2/t12-,15?,16?/m0/s1. The largest absolute Gasteiger partial charge is 0.390 e. The van der Waals surface area contributed by atoms with Crippen LogP contribution in [0.3, 0.4) is 0 Å². The van der Waals surface area contributed by atoms with Crippen LogP contribution in [0.5, 0.6) is 0 Å². The van der Waals surface area contributed by atoms with Gasteiger partial charge in [-0.15, -0.1) is 0 Å². The van der Waals surface area contributed by atoms with Gasteiger partial charge in [-0.1, -0.05) is 0 Å². The molecule has 3 saturated heterocycles. The smallest absolute Gasteiger partial charge is 0.129 e. The summed E-state index contributed by atoms with van der Waals surface area (Å²) >= 11 is 0. The Morgan fingerprint density at radius 2 is 1.75 bits per heavy atom. The number of nitrogens with two attached hydrogens (primary N) is 1. The second kappa shape index (κ2) is 4.34. The van der Waals surface area contributed by atoms with Crippen molar-refractivity contribution in [3.8, 4) is 0 Å². The van der Waals surface area contributed by atoms with Crippen LogP contribution in [0.25, 0.3) is 0 Å². The van der Waals surface area contributed by atoms with Crippen LogP contribution in [0.2, 0.25) is 0 Å². The van der Waals surface area contributed by atoms with Crippen molar-refractivity contribution in [3.05, 3.63) is 0 Å². The molecule has 3 fully saturated rings. The van der Waals surface area contributed by atoms with Gasteiger partial charge in [0.05, 0.1) is 26.0 Å². The maximum Gasteiger partial charge on any atom is 0.129 e. The molecule has 0 unspecified atom stereocenters. The van der Waals surface area contributed by atoms with E-state index in [1.807, 2.05) is 0 Å². The fourth-order valence-corrected chi connectivity index (χ4v) is 3.05. The van der Waals surface area contributed by atoms with Gasteiger partial charge in [0.25, 0.3) is 0 Å². The van der Waals surface area contributed by atoms with Crippen LogP contribution in [0, 0.1) is 0 Å². The lowest BCUT2D eigenvalue weighted by atomic mass is 10.1. The highest BCUT2D eigenvalue weighted by Crippen LogP contribution is 2.25. The minimum atomic E-state index is 0.391. The SMILES string of the molecule is C[C@@H](CC[N+]12CC[N+](C)(CC1)CC2)N=CN. The predicted octanol–water partition coefficient (Wildman–Crippen LogP) is 0.0426. The zero-order valence-electron chi connectivity index (χ0n) is 10.7. The lowest BCUT2D eigenvalue weighted by Gasteiger charge is -2.54. The van der Waals surface area contributed by atoms with Crippen LogP contribution in [-0.2, 0) is 0 Å². The zero-order valence-corrected chi connectivity index (χ0v) is 10.7. The third-order valence-corrected chi connectivity index (χ3v) is 4.70. The minimum absolute atomic E-state index is 0.391. The van der Waals surface area contributed by atoms with Gasteiger partial charge in [0, 0.05) is 6.42 Å². The second-order valence-electron chi connectivity index (χ2n) is 5.96. The lowest BCUT2D eigenvalue weighted by molar-refractivity contribution is -1.07. The zero-order chi connectivity index (χ0) is 11.6. The molecule has 0 amide bonds. The van der Waals surface area contributed by atoms with Crippen LogP contribution in [0.1, 0.15) is 13.3 Å². The van der Waals surface area contributed by atoms with Crippen LogP contribution in [-0.4, -0.2) is 74.2 Å². The molecule has 4 nitrogen and oxygen atoms in total. The van der Waals surface area contributed by atoms with E-state index in [1.54, 1.807) is 0 Å². The van der Waals surface area contributed by atoms with Crippen LogP contribution in [0.15, 0.2) is 4.99 Å². The number of rotatable bonds is 4. The third kappa shape index (κ3) is 2.38. The van der Waals surface area contributed by atoms with E-state index >= 15 is 0 Å². The van der Waals surface area contributed by atoms with E-state index in [-0.39, 0.29) is 0 Å². The van der Waals surface area contributed by atoms with Gasteiger partial charge in [-0.2, -0.15) is 0 Å². The summed E-state index contributed by atoms with van der Waals surface area (Å²) in [7, 11) is 2.41. The van der Waals surface area contributed by atoms with Gasteiger partial charge < -0.3 is 14.7 Å². The summed E-state index contributed by atoms with van der Waals surface area (Å²) in [5.74, 6) is 0. The first-order valence-corrected chi connectivity index (χ1v) is 6.50. The Hall–Kier alpha value is -0.610. The molecule has 0 spiro atoms. The summed E-state index contributed by atoms with van der Waals surface area (Å²) in [5, 5.41) is 0. The lowest BCUT2D eigenvalue weighted by Crippen LogP contribution is -2.73. The molecule has 2 N–H and O–H groups in total. The number of quaternary nitrogens is 2. The Labute approximate surface area is 98.9 Å². The summed E-state index contributed by atoms with van der Waals surface area (Å²) in [6.45, 7) is 11.7. The van der Waals surface area contributed by atoms with Crippen molar-refractivity contribution in [2.75, 3.05) is 52.9 Å². The Morgan fingerprint density at radius 3 is 2.25 bits per heavy atom. The first kappa shape index (κ1) is 11.9. The number of hydrogen-bond acceptors (Lipinski definition) is 1. The molecule has 2 bridgehead atoms. The van der Waals surface area contributed by atoms with Crippen molar-refractivity contribution < 1.29 is 8.97 Å². The van der Waals surface area contributed by atoms with Crippen molar-refractivity contribution in [3.63, 3.8) is 0 Å². The van der Waals surface area contributed by atoms with Crippen LogP contribution >= 0.6 is 0 Å². The summed E-state index contributed by atoms with van der Waals surface area (Å²) in [4.78, 5) is 4.24. The molecule has 3 aliphatic heterocycles. The van der Waals surface area contributed by atoms with Crippen molar-refractivity contribution >= 4 is 6.34 Å². The van der Waals surface area contributed by atoms with E-state index in [9.17, 15) is 0 Å². The molecule has 3 heterocycles. The summed E-state index contributed by atoms with van der Waals surface area (Å²) < 4.78 is 2.66. The Kier molecular flexibility index (Phi) is 3.22. The summed E-state index contributed by atoms with van der Waals surface area (Å²) in [6.07, 6.45) is 2.63. The monoisotopic (exact) mass is 226 g/mol. The number of likely N-dealkylation sites (N-methyl/N-ethyl adjacent to an activating group) is 1. The second-order valence-corrected chi connectivity index (χ2v) is 5.96. The number of nitrogens with zero attached hydrogens (tertiary/aromatic N) is 3. The van der Waals surface area contributed by atoms with E-state index in [4.69, 9.17) is 5.73 Å². The average molecular weight is 226 g/mol. The fourth-order valence-electron chi connectivity index (χ4n) is 3.05. The molecule has 16 heavy (non-hydrogen) atoms. The van der Waals surface area contributed by atoms with E-state index in [0.29, 0.717) is 6.04 Å². The van der Waals surface area contributed by atoms with Gasteiger partial charge in [0.1, 0.15) is 39.3 Å². The molecule has 92 valence electrons. The van der Waals surface area contributed by atoms with Gasteiger partial charge in [-0.25, -0.2) is 0 Å².